The number of benzene rings is 1. The summed E-state index contributed by atoms with van der Waals surface area (Å²) in [5, 5.41) is 0. The van der Waals surface area contributed by atoms with Crippen LogP contribution >= 0.6 is 0 Å². The highest BCUT2D eigenvalue weighted by atomic mass is 28.4. The number of unbranched alkanes of at least 4 members (excludes halogenated alkanes) is 3. The first-order chi connectivity index (χ1) is 11.1. The Morgan fingerprint density at radius 3 is 2.08 bits per heavy atom. The van der Waals surface area contributed by atoms with Crippen LogP contribution in [0.15, 0.2) is 24.3 Å². The monoisotopic (exact) mass is 360 g/mol. The number of alkyl halides is 3. The first kappa shape index (κ1) is 21.2. The zero-order valence-corrected chi connectivity index (χ0v) is 16.3. The molecule has 0 bridgehead atoms. The summed E-state index contributed by atoms with van der Waals surface area (Å²) < 4.78 is 38.0. The second kappa shape index (κ2) is 9.04. The molecule has 1 aromatic carbocycles. The van der Waals surface area contributed by atoms with E-state index in [-0.39, 0.29) is 0 Å². The number of rotatable bonds is 9. The lowest BCUT2D eigenvalue weighted by atomic mass is 10.0. The molecule has 0 radical (unpaired) electrons. The van der Waals surface area contributed by atoms with Crippen LogP contribution in [0.4, 0.5) is 13.2 Å². The van der Waals surface area contributed by atoms with Crippen molar-refractivity contribution in [1.29, 1.82) is 0 Å². The molecular formula is C19H31F3OSi. The van der Waals surface area contributed by atoms with Crippen LogP contribution in [-0.2, 0) is 12.6 Å². The summed E-state index contributed by atoms with van der Waals surface area (Å²) in [5.41, 5.74) is 0.912. The summed E-state index contributed by atoms with van der Waals surface area (Å²) >= 11 is 0. The summed E-state index contributed by atoms with van der Waals surface area (Å²) in [4.78, 5) is 10.8. The van der Waals surface area contributed by atoms with Crippen molar-refractivity contribution in [2.75, 3.05) is 0 Å². The smallest absolute Gasteiger partial charge is 0.416 e. The van der Waals surface area contributed by atoms with Crippen molar-refractivity contribution in [2.24, 2.45) is 0 Å². The molecule has 0 unspecified atom stereocenters. The molecule has 5 heteroatoms. The normalized spacial score (nSPS) is 13.1. The quantitative estimate of drug-likeness (QED) is 0.390. The van der Waals surface area contributed by atoms with Gasteiger partial charge in [0, 0.05) is 0 Å². The predicted molar refractivity (Wildman–Crippen MR) is 96.6 cm³/mol. The highest BCUT2D eigenvalue weighted by Crippen LogP contribution is 2.35. The van der Waals surface area contributed by atoms with Crippen molar-refractivity contribution in [3.8, 4) is 0 Å². The molecule has 0 aliphatic rings. The van der Waals surface area contributed by atoms with E-state index < -0.39 is 20.1 Å². The maximum atomic E-state index is 12.7. The minimum absolute atomic E-state index is 0.364. The highest BCUT2D eigenvalue weighted by Gasteiger charge is 2.37. The second-order valence-corrected chi connectivity index (χ2v) is 12.2. The lowest BCUT2D eigenvalue weighted by Gasteiger charge is -2.33. The SMILES string of the molecule is CC(C)[Si](O)(CCCCCCc1cccc(C(F)(F)F)c1)C(C)C. The van der Waals surface area contributed by atoms with Gasteiger partial charge in [0.15, 0.2) is 8.32 Å². The van der Waals surface area contributed by atoms with E-state index in [1.807, 2.05) is 0 Å². The molecule has 0 saturated carbocycles. The minimum Gasteiger partial charge on any atom is -0.431 e. The van der Waals surface area contributed by atoms with Gasteiger partial charge in [0.1, 0.15) is 0 Å². The van der Waals surface area contributed by atoms with E-state index in [2.05, 4.69) is 27.7 Å². The molecule has 1 nitrogen and oxygen atoms in total. The lowest BCUT2D eigenvalue weighted by Crippen LogP contribution is -2.41. The zero-order valence-electron chi connectivity index (χ0n) is 15.3. The van der Waals surface area contributed by atoms with E-state index in [1.165, 1.54) is 12.1 Å². The van der Waals surface area contributed by atoms with Crippen molar-refractivity contribution in [3.05, 3.63) is 35.4 Å². The van der Waals surface area contributed by atoms with Crippen LogP contribution in [0, 0.1) is 0 Å². The van der Waals surface area contributed by atoms with Gasteiger partial charge in [0.05, 0.1) is 5.56 Å². The first-order valence-electron chi connectivity index (χ1n) is 8.96. The summed E-state index contributed by atoms with van der Waals surface area (Å²) in [6.07, 6.45) is 0.357. The molecule has 1 N–H and O–H groups in total. The van der Waals surface area contributed by atoms with Gasteiger partial charge in [0.25, 0.3) is 0 Å². The maximum Gasteiger partial charge on any atom is 0.416 e. The summed E-state index contributed by atoms with van der Waals surface area (Å²) in [7, 11) is -2.18. The average Bonchev–Trinajstić information content (AvgIpc) is 2.49. The van der Waals surface area contributed by atoms with E-state index in [0.717, 1.165) is 43.4 Å². The molecule has 0 aliphatic heterocycles. The predicted octanol–water partition coefficient (Wildman–Crippen LogP) is 6.57. The Balaban J connectivity index is 2.35. The molecule has 0 spiro atoms. The van der Waals surface area contributed by atoms with Crippen molar-refractivity contribution < 1.29 is 18.0 Å². The van der Waals surface area contributed by atoms with Crippen LogP contribution in [0.5, 0.6) is 0 Å². The third-order valence-corrected chi connectivity index (χ3v) is 10.2. The maximum absolute atomic E-state index is 12.7. The van der Waals surface area contributed by atoms with E-state index in [4.69, 9.17) is 0 Å². The molecular weight excluding hydrogens is 329 g/mol. The standard InChI is InChI=1S/C19H31F3OSi/c1-15(2)24(23,16(3)4)13-8-6-5-7-10-17-11-9-12-18(14-17)19(20,21)22/h9,11-12,14-16,23H,5-8,10,13H2,1-4H3. The van der Waals surface area contributed by atoms with Gasteiger partial charge in [0.2, 0.25) is 0 Å². The average molecular weight is 361 g/mol. The summed E-state index contributed by atoms with van der Waals surface area (Å²) in [6, 6.07) is 6.54. The molecule has 0 aliphatic carbocycles. The molecule has 0 aromatic heterocycles. The Morgan fingerprint density at radius 2 is 1.54 bits per heavy atom. The Bertz CT molecular complexity index is 490. The van der Waals surface area contributed by atoms with Crippen LogP contribution in [0.3, 0.4) is 0 Å². The van der Waals surface area contributed by atoms with Crippen LogP contribution in [0.25, 0.3) is 0 Å². The number of hydrogen-bond acceptors (Lipinski definition) is 1. The third-order valence-electron chi connectivity index (χ3n) is 5.05. The third kappa shape index (κ3) is 6.24. The topological polar surface area (TPSA) is 20.2 Å². The van der Waals surface area contributed by atoms with Crippen LogP contribution in [0.2, 0.25) is 17.1 Å². The van der Waals surface area contributed by atoms with E-state index >= 15 is 0 Å². The van der Waals surface area contributed by atoms with E-state index in [9.17, 15) is 18.0 Å². The molecule has 0 amide bonds. The van der Waals surface area contributed by atoms with E-state index in [1.54, 1.807) is 6.07 Å². The van der Waals surface area contributed by atoms with E-state index in [0.29, 0.717) is 17.5 Å². The molecule has 0 saturated heterocycles. The van der Waals surface area contributed by atoms with Gasteiger partial charge < -0.3 is 4.80 Å². The first-order valence-corrected chi connectivity index (χ1v) is 11.3. The number of hydrogen-bond donors (Lipinski definition) is 1. The van der Waals surface area contributed by atoms with Crippen molar-refractivity contribution >= 4 is 8.32 Å². The summed E-state index contributed by atoms with van der Waals surface area (Å²) in [6.45, 7) is 8.44. The van der Waals surface area contributed by atoms with Crippen molar-refractivity contribution in [3.63, 3.8) is 0 Å². The number of halogens is 3. The highest BCUT2D eigenvalue weighted by molar-refractivity contribution is 6.75. The van der Waals surface area contributed by atoms with Crippen LogP contribution in [0.1, 0.15) is 64.5 Å². The van der Waals surface area contributed by atoms with Crippen LogP contribution in [-0.4, -0.2) is 13.1 Å². The zero-order chi connectivity index (χ0) is 18.4. The Labute approximate surface area is 145 Å². The van der Waals surface area contributed by atoms with Crippen LogP contribution < -0.4 is 0 Å². The lowest BCUT2D eigenvalue weighted by molar-refractivity contribution is -0.137. The fourth-order valence-corrected chi connectivity index (χ4v) is 6.54. The van der Waals surface area contributed by atoms with Gasteiger partial charge in [-0.3, -0.25) is 0 Å². The second-order valence-electron chi connectivity index (χ2n) is 7.41. The van der Waals surface area contributed by atoms with Gasteiger partial charge >= 0.3 is 6.18 Å². The largest absolute Gasteiger partial charge is 0.431 e. The molecule has 1 rings (SSSR count). The molecule has 138 valence electrons. The van der Waals surface area contributed by atoms with Gasteiger partial charge in [-0.1, -0.05) is 65.2 Å². The van der Waals surface area contributed by atoms with Gasteiger partial charge in [-0.15, -0.1) is 0 Å². The summed E-state index contributed by atoms with van der Waals surface area (Å²) in [5.74, 6) is 0. The molecule has 24 heavy (non-hydrogen) atoms. The Morgan fingerprint density at radius 1 is 0.958 bits per heavy atom. The minimum atomic E-state index is -4.27. The molecule has 0 atom stereocenters. The van der Waals surface area contributed by atoms with Crippen molar-refractivity contribution in [1.82, 2.24) is 0 Å². The van der Waals surface area contributed by atoms with Crippen molar-refractivity contribution in [2.45, 2.75) is 83.1 Å². The Kier molecular flexibility index (Phi) is 8.00. The fraction of sp³-hybridized carbons (Fsp3) is 0.684. The Hall–Kier alpha value is -0.813. The fourth-order valence-electron chi connectivity index (χ4n) is 3.24. The van der Waals surface area contributed by atoms with Gasteiger partial charge in [-0.05, 0) is 41.6 Å². The molecule has 0 heterocycles. The van der Waals surface area contributed by atoms with Gasteiger partial charge in [-0.25, -0.2) is 0 Å². The molecule has 1 aromatic rings. The number of aryl methyl sites for hydroxylation is 1. The van der Waals surface area contributed by atoms with Gasteiger partial charge in [-0.2, -0.15) is 13.2 Å². The molecule has 0 fully saturated rings.